The fourth-order valence-corrected chi connectivity index (χ4v) is 4.34. The van der Waals surface area contributed by atoms with Crippen molar-refractivity contribution in [2.24, 2.45) is 0 Å². The first-order chi connectivity index (χ1) is 14.6. The maximum absolute atomic E-state index is 13.4. The molecule has 5 rings (SSSR count). The molecule has 3 aromatic rings. The number of carbonyl (C=O) groups excluding carboxylic acids is 1. The lowest BCUT2D eigenvalue weighted by atomic mass is 10.2. The smallest absolute Gasteiger partial charge is 0.273 e. The Labute approximate surface area is 177 Å². The summed E-state index contributed by atoms with van der Waals surface area (Å²) in [6.45, 7) is 1.55. The molecule has 9 heteroatoms. The van der Waals surface area contributed by atoms with E-state index in [2.05, 4.69) is 0 Å². The van der Waals surface area contributed by atoms with Crippen LogP contribution in [0.2, 0.25) is 0 Å². The number of anilines is 1. The zero-order chi connectivity index (χ0) is 20.7. The van der Waals surface area contributed by atoms with Crippen molar-refractivity contribution in [3.05, 3.63) is 36.4 Å². The van der Waals surface area contributed by atoms with Crippen LogP contribution in [0.1, 0.15) is 0 Å². The molecule has 1 unspecified atom stereocenters. The molecule has 2 aromatic carbocycles. The van der Waals surface area contributed by atoms with Crippen molar-refractivity contribution < 1.29 is 23.7 Å². The maximum atomic E-state index is 13.4. The molecule has 0 N–H and O–H groups in total. The van der Waals surface area contributed by atoms with E-state index in [0.717, 1.165) is 10.2 Å². The summed E-state index contributed by atoms with van der Waals surface area (Å²) in [6, 6.07) is 11.1. The van der Waals surface area contributed by atoms with Gasteiger partial charge in [-0.1, -0.05) is 23.5 Å². The van der Waals surface area contributed by atoms with Crippen LogP contribution in [0.5, 0.6) is 23.0 Å². The molecule has 30 heavy (non-hydrogen) atoms. The molecule has 0 fully saturated rings. The third-order valence-electron chi connectivity index (χ3n) is 4.92. The van der Waals surface area contributed by atoms with Crippen molar-refractivity contribution >= 4 is 32.6 Å². The van der Waals surface area contributed by atoms with Crippen LogP contribution in [-0.2, 0) is 4.79 Å². The van der Waals surface area contributed by atoms with Crippen LogP contribution in [0, 0.1) is 0 Å². The number of rotatable bonds is 5. The minimum absolute atomic E-state index is 0.162. The average molecular weight is 427 g/mol. The number of nitrogens with zero attached hydrogens (tertiary/aromatic N) is 3. The second-order valence-electron chi connectivity index (χ2n) is 7.33. The number of benzene rings is 2. The van der Waals surface area contributed by atoms with Gasteiger partial charge in [-0.05, 0) is 26.2 Å². The van der Waals surface area contributed by atoms with Gasteiger partial charge in [-0.3, -0.25) is 9.69 Å². The monoisotopic (exact) mass is 427 g/mol. The molecule has 0 spiro atoms. The van der Waals surface area contributed by atoms with Gasteiger partial charge in [0.25, 0.3) is 5.91 Å². The van der Waals surface area contributed by atoms with Crippen LogP contribution in [0.3, 0.4) is 0 Å². The van der Waals surface area contributed by atoms with Gasteiger partial charge >= 0.3 is 0 Å². The zero-order valence-electron chi connectivity index (χ0n) is 16.7. The van der Waals surface area contributed by atoms with E-state index in [9.17, 15) is 4.79 Å². The Morgan fingerprint density at radius 3 is 2.63 bits per heavy atom. The van der Waals surface area contributed by atoms with Crippen LogP contribution < -0.4 is 23.8 Å². The van der Waals surface area contributed by atoms with Crippen molar-refractivity contribution in [3.8, 4) is 23.0 Å². The lowest BCUT2D eigenvalue weighted by molar-refractivity contribution is -0.127. The summed E-state index contributed by atoms with van der Waals surface area (Å²) >= 11 is 1.44. The SMILES string of the molecule is CN(C)CCN(C(=O)C1COc2ccccc2O1)c1nc2cc3c(cc2s1)OCO3. The van der Waals surface area contributed by atoms with Gasteiger partial charge in [0.1, 0.15) is 6.61 Å². The number of carbonyl (C=O) groups is 1. The molecule has 3 heterocycles. The Balaban J connectivity index is 1.45. The number of ether oxygens (including phenoxy) is 4. The number of thiazole rings is 1. The minimum atomic E-state index is -0.731. The zero-order valence-corrected chi connectivity index (χ0v) is 17.5. The highest BCUT2D eigenvalue weighted by Crippen LogP contribution is 2.40. The van der Waals surface area contributed by atoms with E-state index in [1.165, 1.54) is 11.3 Å². The first-order valence-corrected chi connectivity index (χ1v) is 10.4. The number of amides is 1. The molecule has 0 radical (unpaired) electrons. The van der Waals surface area contributed by atoms with Gasteiger partial charge in [0.15, 0.2) is 28.1 Å². The molecular formula is C21H21N3O5S. The Kier molecular flexibility index (Phi) is 4.84. The van der Waals surface area contributed by atoms with Crippen LogP contribution in [0.15, 0.2) is 36.4 Å². The number of likely N-dealkylation sites (N-methyl/N-ethyl adjacent to an activating group) is 1. The van der Waals surface area contributed by atoms with Crippen molar-refractivity contribution in [1.82, 2.24) is 9.88 Å². The molecule has 2 aliphatic heterocycles. The fourth-order valence-electron chi connectivity index (χ4n) is 3.34. The summed E-state index contributed by atoms with van der Waals surface area (Å²) in [5.74, 6) is 2.42. The molecule has 0 saturated heterocycles. The summed E-state index contributed by atoms with van der Waals surface area (Å²) in [5, 5.41) is 0.614. The van der Waals surface area contributed by atoms with E-state index < -0.39 is 6.10 Å². The molecule has 156 valence electrons. The normalized spacial score (nSPS) is 16.8. The lowest BCUT2D eigenvalue weighted by Gasteiger charge is -2.30. The standard InChI is InChI=1S/C21H21N3O5S/c1-23(2)7-8-24(20(25)18-11-26-14-5-3-4-6-15(14)29-18)21-22-13-9-16-17(28-12-27-16)10-19(13)30-21/h3-6,9-10,18H,7-8,11-12H2,1-2H3. The van der Waals surface area contributed by atoms with Gasteiger partial charge in [-0.2, -0.15) is 0 Å². The average Bonchev–Trinajstić information content (AvgIpc) is 3.37. The van der Waals surface area contributed by atoms with E-state index in [1.807, 2.05) is 49.3 Å². The Morgan fingerprint density at radius 2 is 1.83 bits per heavy atom. The maximum Gasteiger partial charge on any atom is 0.273 e. The quantitative estimate of drug-likeness (QED) is 0.620. The van der Waals surface area contributed by atoms with Crippen molar-refractivity contribution in [2.45, 2.75) is 6.10 Å². The third kappa shape index (κ3) is 3.50. The van der Waals surface area contributed by atoms with Gasteiger partial charge < -0.3 is 23.8 Å². The molecule has 1 atom stereocenters. The van der Waals surface area contributed by atoms with Crippen LogP contribution in [0.4, 0.5) is 5.13 Å². The van der Waals surface area contributed by atoms with Gasteiger partial charge in [-0.25, -0.2) is 4.98 Å². The van der Waals surface area contributed by atoms with Gasteiger partial charge in [0.05, 0.1) is 10.2 Å². The van der Waals surface area contributed by atoms with Crippen molar-refractivity contribution in [3.63, 3.8) is 0 Å². The predicted molar refractivity (Wildman–Crippen MR) is 113 cm³/mol. The number of hydrogen-bond acceptors (Lipinski definition) is 8. The van der Waals surface area contributed by atoms with Gasteiger partial charge in [-0.15, -0.1) is 0 Å². The predicted octanol–water partition coefficient (Wildman–Crippen LogP) is 2.76. The summed E-state index contributed by atoms with van der Waals surface area (Å²) in [5.41, 5.74) is 0.771. The molecule has 8 nitrogen and oxygen atoms in total. The Morgan fingerprint density at radius 1 is 1.07 bits per heavy atom. The second kappa shape index (κ2) is 7.66. The minimum Gasteiger partial charge on any atom is -0.485 e. The number of fused-ring (bicyclic) bond motifs is 3. The van der Waals surface area contributed by atoms with Crippen LogP contribution in [-0.4, -0.2) is 62.5 Å². The third-order valence-corrected chi connectivity index (χ3v) is 5.96. The lowest BCUT2D eigenvalue weighted by Crippen LogP contribution is -2.48. The van der Waals surface area contributed by atoms with E-state index in [-0.39, 0.29) is 19.3 Å². The molecule has 1 amide bonds. The van der Waals surface area contributed by atoms with Crippen molar-refractivity contribution in [2.75, 3.05) is 45.5 Å². The van der Waals surface area contributed by atoms with E-state index in [0.29, 0.717) is 41.2 Å². The second-order valence-corrected chi connectivity index (χ2v) is 8.34. The molecule has 0 aliphatic carbocycles. The first-order valence-electron chi connectivity index (χ1n) is 9.63. The van der Waals surface area contributed by atoms with Gasteiger partial charge in [0, 0.05) is 25.2 Å². The van der Waals surface area contributed by atoms with Crippen LogP contribution in [0.25, 0.3) is 10.2 Å². The summed E-state index contributed by atoms with van der Waals surface area (Å²) in [4.78, 5) is 21.8. The first kappa shape index (κ1) is 19.0. The topological polar surface area (TPSA) is 73.4 Å². The Bertz CT molecular complexity index is 1060. The largest absolute Gasteiger partial charge is 0.485 e. The summed E-state index contributed by atoms with van der Waals surface area (Å²) in [6.07, 6.45) is -0.731. The summed E-state index contributed by atoms with van der Waals surface area (Å²) < 4.78 is 23.5. The highest BCUT2D eigenvalue weighted by Gasteiger charge is 2.33. The highest BCUT2D eigenvalue weighted by atomic mass is 32.1. The van der Waals surface area contributed by atoms with Gasteiger partial charge in [0.2, 0.25) is 12.9 Å². The highest BCUT2D eigenvalue weighted by molar-refractivity contribution is 7.22. The molecule has 0 saturated carbocycles. The van der Waals surface area contributed by atoms with E-state index in [1.54, 1.807) is 11.0 Å². The Hall–Kier alpha value is -3.04. The number of aromatic nitrogens is 1. The molecular weight excluding hydrogens is 406 g/mol. The van der Waals surface area contributed by atoms with Crippen molar-refractivity contribution in [1.29, 1.82) is 0 Å². The fraction of sp³-hybridized carbons (Fsp3) is 0.333. The number of hydrogen-bond donors (Lipinski definition) is 0. The molecule has 1 aromatic heterocycles. The van der Waals surface area contributed by atoms with E-state index in [4.69, 9.17) is 23.9 Å². The van der Waals surface area contributed by atoms with Crippen LogP contribution >= 0.6 is 11.3 Å². The molecule has 0 bridgehead atoms. The number of para-hydroxylation sites is 2. The van der Waals surface area contributed by atoms with E-state index >= 15 is 0 Å². The summed E-state index contributed by atoms with van der Waals surface area (Å²) in [7, 11) is 3.94. The molecule has 2 aliphatic rings.